The molecule has 0 saturated heterocycles. The van der Waals surface area contributed by atoms with Gasteiger partial charge in [0.15, 0.2) is 0 Å². The van der Waals surface area contributed by atoms with Crippen molar-refractivity contribution in [2.24, 2.45) is 0 Å². The second-order valence-corrected chi connectivity index (χ2v) is 12.6. The van der Waals surface area contributed by atoms with Crippen molar-refractivity contribution in [1.29, 1.82) is 0 Å². The first-order valence-electron chi connectivity index (χ1n) is 12.9. The molecule has 0 bridgehead atoms. The fourth-order valence-corrected chi connectivity index (χ4v) is 5.74. The normalized spacial score (nSPS) is 12.0. The van der Waals surface area contributed by atoms with Crippen LogP contribution < -0.4 is 9.62 Å². The Labute approximate surface area is 240 Å². The molecule has 2 amide bonds. The third kappa shape index (κ3) is 8.93. The molecular formula is C30H36BrN3O4S. The number of rotatable bonds is 12. The number of aryl methyl sites for hydroxylation is 2. The van der Waals surface area contributed by atoms with Crippen LogP contribution in [0.2, 0.25) is 0 Å². The van der Waals surface area contributed by atoms with Gasteiger partial charge in [0.05, 0.1) is 11.9 Å². The van der Waals surface area contributed by atoms with Crippen molar-refractivity contribution in [2.45, 2.75) is 46.2 Å². The fourth-order valence-electron chi connectivity index (χ4n) is 4.46. The molecule has 0 aromatic heterocycles. The molecule has 3 aromatic carbocycles. The molecule has 0 saturated carbocycles. The van der Waals surface area contributed by atoms with Crippen molar-refractivity contribution in [3.8, 4) is 0 Å². The first-order chi connectivity index (χ1) is 18.5. The average molecular weight is 615 g/mol. The van der Waals surface area contributed by atoms with Gasteiger partial charge >= 0.3 is 0 Å². The van der Waals surface area contributed by atoms with Crippen LogP contribution in [0.3, 0.4) is 0 Å². The highest BCUT2D eigenvalue weighted by molar-refractivity contribution is 9.10. The van der Waals surface area contributed by atoms with Crippen LogP contribution in [0.1, 0.15) is 35.6 Å². The van der Waals surface area contributed by atoms with Crippen molar-refractivity contribution >= 4 is 43.5 Å². The maximum absolute atomic E-state index is 14.1. The first kappa shape index (κ1) is 30.4. The molecule has 0 aliphatic carbocycles. The molecule has 3 aromatic rings. The molecule has 1 unspecified atom stereocenters. The molecule has 0 heterocycles. The van der Waals surface area contributed by atoms with E-state index in [2.05, 4.69) is 21.2 Å². The minimum Gasteiger partial charge on any atom is -0.354 e. The standard InChI is InChI=1S/C30H36BrN3O4S/c1-5-14-32-30(36)28(19-24-10-7-6-8-11-24)33(20-25-12-9-13-26(31)18-25)29(35)21-34(39(4,37)38)27-16-22(2)15-23(3)17-27/h6-13,15-18,28H,5,14,19-21H2,1-4H3,(H,32,36). The summed E-state index contributed by atoms with van der Waals surface area (Å²) in [5, 5.41) is 2.94. The van der Waals surface area contributed by atoms with Gasteiger partial charge in [0, 0.05) is 24.0 Å². The molecule has 1 N–H and O–H groups in total. The van der Waals surface area contributed by atoms with Crippen LogP contribution in [-0.4, -0.2) is 50.5 Å². The van der Waals surface area contributed by atoms with Gasteiger partial charge in [-0.3, -0.25) is 13.9 Å². The Morgan fingerprint density at radius 3 is 2.15 bits per heavy atom. The zero-order chi connectivity index (χ0) is 28.6. The minimum atomic E-state index is -3.80. The number of halogens is 1. The SMILES string of the molecule is CCCNC(=O)C(Cc1ccccc1)N(Cc1cccc(Br)c1)C(=O)CN(c1cc(C)cc(C)c1)S(C)(=O)=O. The predicted octanol–water partition coefficient (Wildman–Crippen LogP) is 5.00. The van der Waals surface area contributed by atoms with Gasteiger partial charge < -0.3 is 10.2 Å². The van der Waals surface area contributed by atoms with Crippen molar-refractivity contribution in [3.63, 3.8) is 0 Å². The molecule has 39 heavy (non-hydrogen) atoms. The largest absolute Gasteiger partial charge is 0.354 e. The fraction of sp³-hybridized carbons (Fsp3) is 0.333. The van der Waals surface area contributed by atoms with Gasteiger partial charge in [0.1, 0.15) is 12.6 Å². The molecule has 9 heteroatoms. The number of nitrogens with one attached hydrogen (secondary N) is 1. The van der Waals surface area contributed by atoms with Crippen molar-refractivity contribution in [2.75, 3.05) is 23.7 Å². The maximum Gasteiger partial charge on any atom is 0.244 e. The molecule has 0 spiro atoms. The van der Waals surface area contributed by atoms with Gasteiger partial charge in [-0.2, -0.15) is 0 Å². The van der Waals surface area contributed by atoms with Crippen LogP contribution in [0.5, 0.6) is 0 Å². The van der Waals surface area contributed by atoms with Gasteiger partial charge in [-0.15, -0.1) is 0 Å². The zero-order valence-electron chi connectivity index (χ0n) is 22.9. The highest BCUT2D eigenvalue weighted by Gasteiger charge is 2.33. The molecule has 0 aliphatic heterocycles. The summed E-state index contributed by atoms with van der Waals surface area (Å²) in [7, 11) is -3.80. The lowest BCUT2D eigenvalue weighted by atomic mass is 10.0. The Kier molecular flexibility index (Phi) is 10.7. The molecule has 1 atom stereocenters. The summed E-state index contributed by atoms with van der Waals surface area (Å²) in [4.78, 5) is 29.1. The van der Waals surface area contributed by atoms with E-state index >= 15 is 0 Å². The van der Waals surface area contributed by atoms with Gasteiger partial charge in [-0.1, -0.05) is 71.4 Å². The molecule has 3 rings (SSSR count). The zero-order valence-corrected chi connectivity index (χ0v) is 25.3. The van der Waals surface area contributed by atoms with E-state index in [0.29, 0.717) is 18.7 Å². The number of carbonyl (C=O) groups excluding carboxylic acids is 2. The Morgan fingerprint density at radius 1 is 0.923 bits per heavy atom. The Bertz CT molecular complexity index is 1380. The van der Waals surface area contributed by atoms with E-state index in [0.717, 1.165) is 43.7 Å². The summed E-state index contributed by atoms with van der Waals surface area (Å²) < 4.78 is 27.8. The number of amides is 2. The van der Waals surface area contributed by atoms with Crippen LogP contribution in [0, 0.1) is 13.8 Å². The quantitative estimate of drug-likeness (QED) is 0.311. The van der Waals surface area contributed by atoms with Crippen LogP contribution in [0.4, 0.5) is 5.69 Å². The van der Waals surface area contributed by atoms with Gasteiger partial charge in [0.25, 0.3) is 0 Å². The number of benzene rings is 3. The van der Waals surface area contributed by atoms with Crippen LogP contribution in [-0.2, 0) is 32.6 Å². The molecule has 0 aliphatic rings. The van der Waals surface area contributed by atoms with E-state index in [1.807, 2.05) is 81.4 Å². The molecule has 0 fully saturated rings. The average Bonchev–Trinajstić information content (AvgIpc) is 2.87. The van der Waals surface area contributed by atoms with E-state index in [9.17, 15) is 18.0 Å². The van der Waals surface area contributed by atoms with Crippen LogP contribution in [0.15, 0.2) is 77.3 Å². The monoisotopic (exact) mass is 613 g/mol. The van der Waals surface area contributed by atoms with E-state index < -0.39 is 28.5 Å². The van der Waals surface area contributed by atoms with E-state index in [4.69, 9.17) is 0 Å². The number of anilines is 1. The van der Waals surface area contributed by atoms with Gasteiger partial charge in [0.2, 0.25) is 21.8 Å². The van der Waals surface area contributed by atoms with Crippen molar-refractivity contribution < 1.29 is 18.0 Å². The molecule has 208 valence electrons. The van der Waals surface area contributed by atoms with Crippen LogP contribution in [0.25, 0.3) is 0 Å². The lowest BCUT2D eigenvalue weighted by Crippen LogP contribution is -2.53. The highest BCUT2D eigenvalue weighted by Crippen LogP contribution is 2.23. The lowest BCUT2D eigenvalue weighted by Gasteiger charge is -2.33. The van der Waals surface area contributed by atoms with Gasteiger partial charge in [-0.05, 0) is 66.8 Å². The Morgan fingerprint density at radius 2 is 1.56 bits per heavy atom. The lowest BCUT2D eigenvalue weighted by molar-refractivity contribution is -0.140. The van der Waals surface area contributed by atoms with Crippen LogP contribution >= 0.6 is 15.9 Å². The third-order valence-electron chi connectivity index (χ3n) is 6.24. The Balaban J connectivity index is 2.06. The number of hydrogen-bond donors (Lipinski definition) is 1. The first-order valence-corrected chi connectivity index (χ1v) is 15.5. The summed E-state index contributed by atoms with van der Waals surface area (Å²) >= 11 is 3.48. The van der Waals surface area contributed by atoms with E-state index in [1.54, 1.807) is 12.1 Å². The molecule has 0 radical (unpaired) electrons. The number of sulfonamides is 1. The third-order valence-corrected chi connectivity index (χ3v) is 7.87. The summed E-state index contributed by atoms with van der Waals surface area (Å²) in [5.41, 5.74) is 3.91. The Hall–Kier alpha value is -3.17. The summed E-state index contributed by atoms with van der Waals surface area (Å²) in [6.45, 7) is 5.91. The van der Waals surface area contributed by atoms with Gasteiger partial charge in [-0.25, -0.2) is 8.42 Å². The second kappa shape index (κ2) is 13.8. The maximum atomic E-state index is 14.1. The summed E-state index contributed by atoms with van der Waals surface area (Å²) in [5.74, 6) is -0.742. The summed E-state index contributed by atoms with van der Waals surface area (Å²) in [6.07, 6.45) is 2.13. The van der Waals surface area contributed by atoms with E-state index in [-0.39, 0.29) is 12.5 Å². The minimum absolute atomic E-state index is 0.139. The smallest absolute Gasteiger partial charge is 0.244 e. The highest BCUT2D eigenvalue weighted by atomic mass is 79.9. The number of carbonyl (C=O) groups is 2. The topological polar surface area (TPSA) is 86.8 Å². The number of nitrogens with zero attached hydrogens (tertiary/aromatic N) is 2. The van der Waals surface area contributed by atoms with Crippen molar-refractivity contribution in [3.05, 3.63) is 99.5 Å². The number of hydrogen-bond acceptors (Lipinski definition) is 4. The molecular weight excluding hydrogens is 578 g/mol. The predicted molar refractivity (Wildman–Crippen MR) is 160 cm³/mol. The summed E-state index contributed by atoms with van der Waals surface area (Å²) in [6, 6.07) is 21.6. The molecule has 7 nitrogen and oxygen atoms in total. The second-order valence-electron chi connectivity index (χ2n) is 9.76. The van der Waals surface area contributed by atoms with Crippen molar-refractivity contribution in [1.82, 2.24) is 10.2 Å². The van der Waals surface area contributed by atoms with E-state index in [1.165, 1.54) is 4.90 Å².